The Morgan fingerprint density at radius 3 is 2.90 bits per heavy atom. The van der Waals surface area contributed by atoms with Crippen LogP contribution >= 0.6 is 0 Å². The van der Waals surface area contributed by atoms with Gasteiger partial charge in [0.15, 0.2) is 5.82 Å². The number of amides is 2. The van der Waals surface area contributed by atoms with Gasteiger partial charge in [-0.1, -0.05) is 12.1 Å². The Morgan fingerprint density at radius 1 is 1.45 bits per heavy atom. The monoisotopic (exact) mass is 271 g/mol. The van der Waals surface area contributed by atoms with Gasteiger partial charge in [-0.25, -0.2) is 9.78 Å². The quantitative estimate of drug-likeness (QED) is 0.930. The van der Waals surface area contributed by atoms with Gasteiger partial charge >= 0.3 is 6.03 Å². The Hall–Kier alpha value is -2.37. The van der Waals surface area contributed by atoms with Gasteiger partial charge in [-0.15, -0.1) is 0 Å². The van der Waals surface area contributed by atoms with Crippen LogP contribution in [0.4, 0.5) is 10.5 Å². The van der Waals surface area contributed by atoms with E-state index in [0.717, 1.165) is 24.1 Å². The molecule has 1 aromatic carbocycles. The highest BCUT2D eigenvalue weighted by atomic mass is 16.2. The van der Waals surface area contributed by atoms with Gasteiger partial charge < -0.3 is 10.2 Å². The van der Waals surface area contributed by atoms with E-state index in [9.17, 15) is 4.79 Å². The topological polar surface area (TPSA) is 63.1 Å². The second-order valence-electron chi connectivity index (χ2n) is 5.09. The Labute approximate surface area is 117 Å². The summed E-state index contributed by atoms with van der Waals surface area (Å²) in [6.07, 6.45) is 3.85. The molecule has 104 valence electrons. The molecule has 0 spiro atoms. The van der Waals surface area contributed by atoms with E-state index in [1.54, 1.807) is 15.9 Å². The van der Waals surface area contributed by atoms with Crippen molar-refractivity contribution in [1.82, 2.24) is 19.7 Å². The standard InChI is InChI=1S/C14H17N5O/c1-18-9-15-13(17-18)10-4-3-5-11(8-10)16-14(20)19(2)12-6-7-12/h3-5,8-9,12H,6-7H2,1-2H3,(H,16,20). The van der Waals surface area contributed by atoms with E-state index < -0.39 is 0 Å². The molecule has 0 unspecified atom stereocenters. The summed E-state index contributed by atoms with van der Waals surface area (Å²) >= 11 is 0. The second-order valence-corrected chi connectivity index (χ2v) is 5.09. The molecule has 1 fully saturated rings. The Morgan fingerprint density at radius 2 is 2.25 bits per heavy atom. The lowest BCUT2D eigenvalue weighted by atomic mass is 10.2. The van der Waals surface area contributed by atoms with Crippen molar-refractivity contribution < 1.29 is 4.79 Å². The van der Waals surface area contributed by atoms with E-state index in [1.807, 2.05) is 38.4 Å². The molecule has 1 aromatic heterocycles. The average Bonchev–Trinajstić information content (AvgIpc) is 3.20. The van der Waals surface area contributed by atoms with Crippen LogP contribution in [0.5, 0.6) is 0 Å². The van der Waals surface area contributed by atoms with Gasteiger partial charge in [-0.2, -0.15) is 5.10 Å². The Kier molecular flexibility index (Phi) is 3.14. The summed E-state index contributed by atoms with van der Waals surface area (Å²) in [6.45, 7) is 0. The first kappa shape index (κ1) is 12.7. The highest BCUT2D eigenvalue weighted by Crippen LogP contribution is 2.26. The molecule has 20 heavy (non-hydrogen) atoms. The summed E-state index contributed by atoms with van der Waals surface area (Å²) in [5.41, 5.74) is 1.64. The third kappa shape index (κ3) is 2.64. The van der Waals surface area contributed by atoms with Crippen LogP contribution in [0, 0.1) is 0 Å². The zero-order valence-corrected chi connectivity index (χ0v) is 11.6. The number of aryl methyl sites for hydroxylation is 1. The number of hydrogen-bond acceptors (Lipinski definition) is 3. The number of carbonyl (C=O) groups is 1. The number of nitrogens with zero attached hydrogens (tertiary/aromatic N) is 4. The number of carbonyl (C=O) groups excluding carboxylic acids is 1. The first-order chi connectivity index (χ1) is 9.63. The lowest BCUT2D eigenvalue weighted by molar-refractivity contribution is 0.220. The number of urea groups is 1. The van der Waals surface area contributed by atoms with Gasteiger partial charge in [0, 0.05) is 31.4 Å². The van der Waals surface area contributed by atoms with Gasteiger partial charge in [0.2, 0.25) is 0 Å². The second kappa shape index (κ2) is 4.96. The molecular weight excluding hydrogens is 254 g/mol. The van der Waals surface area contributed by atoms with Crippen LogP contribution in [0.3, 0.4) is 0 Å². The smallest absolute Gasteiger partial charge is 0.321 e. The zero-order valence-electron chi connectivity index (χ0n) is 11.6. The van der Waals surface area contributed by atoms with Gasteiger partial charge in [0.25, 0.3) is 0 Å². The number of benzene rings is 1. The molecule has 2 aromatic rings. The van der Waals surface area contributed by atoms with Crippen molar-refractivity contribution in [2.75, 3.05) is 12.4 Å². The maximum atomic E-state index is 12.0. The van der Waals surface area contributed by atoms with Crippen LogP contribution in [-0.4, -0.2) is 38.8 Å². The minimum Gasteiger partial charge on any atom is -0.325 e. The van der Waals surface area contributed by atoms with Crippen molar-refractivity contribution in [3.8, 4) is 11.4 Å². The number of rotatable bonds is 3. The SMILES string of the molecule is CN(C(=O)Nc1cccc(-c2ncn(C)n2)c1)C1CC1. The van der Waals surface area contributed by atoms with E-state index in [1.165, 1.54) is 0 Å². The first-order valence-electron chi connectivity index (χ1n) is 6.63. The van der Waals surface area contributed by atoms with Gasteiger partial charge in [-0.05, 0) is 25.0 Å². The summed E-state index contributed by atoms with van der Waals surface area (Å²) in [7, 11) is 3.66. The number of hydrogen-bond donors (Lipinski definition) is 1. The molecule has 0 bridgehead atoms. The van der Waals surface area contributed by atoms with E-state index in [-0.39, 0.29) is 6.03 Å². The van der Waals surface area contributed by atoms with Crippen LogP contribution < -0.4 is 5.32 Å². The van der Waals surface area contributed by atoms with Crippen LogP contribution in [0.2, 0.25) is 0 Å². The molecule has 6 nitrogen and oxygen atoms in total. The fraction of sp³-hybridized carbons (Fsp3) is 0.357. The fourth-order valence-corrected chi connectivity index (χ4v) is 2.05. The Balaban J connectivity index is 1.75. The molecule has 0 saturated heterocycles. The van der Waals surface area contributed by atoms with Crippen molar-refractivity contribution in [3.63, 3.8) is 0 Å². The predicted molar refractivity (Wildman–Crippen MR) is 76.2 cm³/mol. The summed E-state index contributed by atoms with van der Waals surface area (Å²) in [6, 6.07) is 7.89. The normalized spacial score (nSPS) is 14.1. The molecule has 0 atom stereocenters. The molecule has 1 aliphatic rings. The fourth-order valence-electron chi connectivity index (χ4n) is 2.05. The molecule has 1 N–H and O–H groups in total. The molecule has 0 radical (unpaired) electrons. The molecule has 1 aliphatic carbocycles. The van der Waals surface area contributed by atoms with Gasteiger partial charge in [0.05, 0.1) is 0 Å². The zero-order chi connectivity index (χ0) is 14.1. The van der Waals surface area contributed by atoms with Crippen molar-refractivity contribution in [1.29, 1.82) is 0 Å². The largest absolute Gasteiger partial charge is 0.325 e. The summed E-state index contributed by atoms with van der Waals surface area (Å²) in [5.74, 6) is 0.652. The summed E-state index contributed by atoms with van der Waals surface area (Å²) < 4.78 is 1.65. The van der Waals surface area contributed by atoms with Crippen molar-refractivity contribution in [2.45, 2.75) is 18.9 Å². The summed E-state index contributed by atoms with van der Waals surface area (Å²) in [5, 5.41) is 7.16. The van der Waals surface area contributed by atoms with Crippen molar-refractivity contribution in [2.24, 2.45) is 7.05 Å². The van der Waals surface area contributed by atoms with Crippen molar-refractivity contribution >= 4 is 11.7 Å². The summed E-state index contributed by atoms with van der Waals surface area (Å²) in [4.78, 5) is 18.0. The lowest BCUT2D eigenvalue weighted by Gasteiger charge is -2.17. The molecule has 1 heterocycles. The minimum atomic E-state index is -0.0707. The van der Waals surface area contributed by atoms with Gasteiger partial charge in [-0.3, -0.25) is 4.68 Å². The average molecular weight is 271 g/mol. The lowest BCUT2D eigenvalue weighted by Crippen LogP contribution is -2.33. The van der Waals surface area contributed by atoms with Crippen molar-refractivity contribution in [3.05, 3.63) is 30.6 Å². The van der Waals surface area contributed by atoms with E-state index in [4.69, 9.17) is 0 Å². The third-order valence-electron chi connectivity index (χ3n) is 3.39. The van der Waals surface area contributed by atoms with Crippen LogP contribution in [-0.2, 0) is 7.05 Å². The van der Waals surface area contributed by atoms with E-state index in [2.05, 4.69) is 15.4 Å². The molecule has 0 aliphatic heterocycles. The third-order valence-corrected chi connectivity index (χ3v) is 3.39. The van der Waals surface area contributed by atoms with Crippen LogP contribution in [0.25, 0.3) is 11.4 Å². The van der Waals surface area contributed by atoms with Gasteiger partial charge in [0.1, 0.15) is 6.33 Å². The van der Waals surface area contributed by atoms with Crippen LogP contribution in [0.15, 0.2) is 30.6 Å². The molecule has 1 saturated carbocycles. The molecule has 6 heteroatoms. The molecule has 3 rings (SSSR count). The molecular formula is C14H17N5O. The number of aromatic nitrogens is 3. The van der Waals surface area contributed by atoms with E-state index in [0.29, 0.717) is 11.9 Å². The minimum absolute atomic E-state index is 0.0707. The highest BCUT2D eigenvalue weighted by Gasteiger charge is 2.29. The predicted octanol–water partition coefficient (Wildman–Crippen LogP) is 2.11. The maximum absolute atomic E-state index is 12.0. The maximum Gasteiger partial charge on any atom is 0.321 e. The first-order valence-corrected chi connectivity index (χ1v) is 6.63. The van der Waals surface area contributed by atoms with Crippen LogP contribution in [0.1, 0.15) is 12.8 Å². The number of nitrogens with one attached hydrogen (secondary N) is 1. The highest BCUT2D eigenvalue weighted by molar-refractivity contribution is 5.90. The number of anilines is 1. The molecule has 2 amide bonds. The van der Waals surface area contributed by atoms with E-state index >= 15 is 0 Å². The Bertz CT molecular complexity index is 632.